The van der Waals surface area contributed by atoms with Crippen LogP contribution in [0.15, 0.2) is 24.3 Å². The van der Waals surface area contributed by atoms with Crippen molar-refractivity contribution in [2.45, 2.75) is 26.0 Å². The summed E-state index contributed by atoms with van der Waals surface area (Å²) in [5.74, 6) is 0.626. The van der Waals surface area contributed by atoms with Crippen LogP contribution >= 0.6 is 0 Å². The number of nitro groups is 1. The Morgan fingerprint density at radius 1 is 1.45 bits per heavy atom. The Hall–Kier alpha value is -1.66. The lowest BCUT2D eigenvalue weighted by Gasteiger charge is -2.35. The van der Waals surface area contributed by atoms with Crippen LogP contribution in [-0.2, 0) is 4.74 Å². The molecule has 1 aliphatic rings. The van der Waals surface area contributed by atoms with Gasteiger partial charge >= 0.3 is 0 Å². The average Bonchev–Trinajstić information content (AvgIpc) is 2.46. The Kier molecular flexibility index (Phi) is 4.92. The lowest BCUT2D eigenvalue weighted by atomic mass is 10.2. The van der Waals surface area contributed by atoms with E-state index < -0.39 is 4.92 Å². The van der Waals surface area contributed by atoms with Crippen molar-refractivity contribution in [1.29, 1.82) is 0 Å². The number of ether oxygens (including phenoxy) is 2. The molecule has 0 unspecified atom stereocenters. The highest BCUT2D eigenvalue weighted by atomic mass is 16.6. The van der Waals surface area contributed by atoms with E-state index in [0.717, 1.165) is 13.1 Å². The molecule has 1 aromatic carbocycles. The Bertz CT molecular complexity index is 447. The molecular formula is C14H20N2O4. The first kappa shape index (κ1) is 14.7. The highest BCUT2D eigenvalue weighted by Gasteiger charge is 2.22. The second kappa shape index (κ2) is 6.67. The first-order valence-electron chi connectivity index (χ1n) is 6.79. The maximum absolute atomic E-state index is 10.6. The maximum atomic E-state index is 10.6. The topological polar surface area (TPSA) is 64.8 Å². The monoisotopic (exact) mass is 280 g/mol. The average molecular weight is 280 g/mol. The fourth-order valence-electron chi connectivity index (χ4n) is 2.17. The third kappa shape index (κ3) is 3.91. The predicted octanol–water partition coefficient (Wildman–Crippen LogP) is 2.08. The van der Waals surface area contributed by atoms with Crippen LogP contribution in [-0.4, -0.2) is 48.3 Å². The second-order valence-electron chi connectivity index (χ2n) is 5.14. The number of morpholine rings is 1. The summed E-state index contributed by atoms with van der Waals surface area (Å²) >= 11 is 0. The molecule has 6 heteroatoms. The number of nitrogens with zero attached hydrogens (tertiary/aromatic N) is 2. The van der Waals surface area contributed by atoms with Crippen molar-refractivity contribution < 1.29 is 14.4 Å². The SMILES string of the molecule is CC(C)N1CCO[C@H](COc2ccc([N+](=O)[O-])cc2)C1. The van der Waals surface area contributed by atoms with Crippen molar-refractivity contribution in [1.82, 2.24) is 4.90 Å². The zero-order chi connectivity index (χ0) is 14.5. The quantitative estimate of drug-likeness (QED) is 0.610. The molecule has 0 spiro atoms. The highest BCUT2D eigenvalue weighted by molar-refractivity contribution is 5.35. The van der Waals surface area contributed by atoms with Gasteiger partial charge in [0.1, 0.15) is 18.5 Å². The minimum Gasteiger partial charge on any atom is -0.491 e. The Morgan fingerprint density at radius 2 is 2.15 bits per heavy atom. The molecular weight excluding hydrogens is 260 g/mol. The van der Waals surface area contributed by atoms with Crippen LogP contribution in [0.5, 0.6) is 5.75 Å². The summed E-state index contributed by atoms with van der Waals surface area (Å²) in [7, 11) is 0. The molecule has 0 radical (unpaired) electrons. The van der Waals surface area contributed by atoms with Gasteiger partial charge in [-0.1, -0.05) is 0 Å². The Labute approximate surface area is 118 Å². The number of hydrogen-bond acceptors (Lipinski definition) is 5. The summed E-state index contributed by atoms with van der Waals surface area (Å²) in [6, 6.07) is 6.61. The molecule has 0 aliphatic carbocycles. The number of non-ortho nitro benzene ring substituents is 1. The van der Waals surface area contributed by atoms with Crippen molar-refractivity contribution in [3.63, 3.8) is 0 Å². The lowest BCUT2D eigenvalue weighted by Crippen LogP contribution is -2.47. The minimum atomic E-state index is -0.422. The van der Waals surface area contributed by atoms with Gasteiger partial charge in [-0.25, -0.2) is 0 Å². The number of benzene rings is 1. The summed E-state index contributed by atoms with van der Waals surface area (Å²) in [6.45, 7) is 7.31. The van der Waals surface area contributed by atoms with Gasteiger partial charge in [0.15, 0.2) is 0 Å². The smallest absolute Gasteiger partial charge is 0.269 e. The van der Waals surface area contributed by atoms with Gasteiger partial charge < -0.3 is 9.47 Å². The summed E-state index contributed by atoms with van der Waals surface area (Å²) < 4.78 is 11.3. The van der Waals surface area contributed by atoms with Crippen LogP contribution in [0.2, 0.25) is 0 Å². The number of hydrogen-bond donors (Lipinski definition) is 0. The van der Waals surface area contributed by atoms with Gasteiger partial charge in [-0.2, -0.15) is 0 Å². The molecule has 1 fully saturated rings. The van der Waals surface area contributed by atoms with Gasteiger partial charge in [0.25, 0.3) is 5.69 Å². The zero-order valence-electron chi connectivity index (χ0n) is 11.8. The molecule has 0 aromatic heterocycles. The molecule has 1 aliphatic heterocycles. The maximum Gasteiger partial charge on any atom is 0.269 e. The first-order valence-corrected chi connectivity index (χ1v) is 6.79. The molecule has 0 saturated carbocycles. The van der Waals surface area contributed by atoms with E-state index in [1.165, 1.54) is 12.1 Å². The molecule has 1 heterocycles. The molecule has 110 valence electrons. The van der Waals surface area contributed by atoms with E-state index in [-0.39, 0.29) is 11.8 Å². The van der Waals surface area contributed by atoms with E-state index in [9.17, 15) is 10.1 Å². The highest BCUT2D eigenvalue weighted by Crippen LogP contribution is 2.18. The molecule has 0 bridgehead atoms. The molecule has 0 N–H and O–H groups in total. The van der Waals surface area contributed by atoms with E-state index in [0.29, 0.717) is 25.0 Å². The van der Waals surface area contributed by atoms with Gasteiger partial charge in [0.05, 0.1) is 11.5 Å². The van der Waals surface area contributed by atoms with Gasteiger partial charge in [-0.15, -0.1) is 0 Å². The Morgan fingerprint density at radius 3 is 2.75 bits per heavy atom. The van der Waals surface area contributed by atoms with Crippen molar-refractivity contribution >= 4 is 5.69 Å². The molecule has 0 amide bonds. The summed E-state index contributed by atoms with van der Waals surface area (Å²) in [5, 5.41) is 10.6. The minimum absolute atomic E-state index is 0.0429. The van der Waals surface area contributed by atoms with Gasteiger partial charge in [0.2, 0.25) is 0 Å². The van der Waals surface area contributed by atoms with E-state index >= 15 is 0 Å². The second-order valence-corrected chi connectivity index (χ2v) is 5.14. The van der Waals surface area contributed by atoms with Gasteiger partial charge in [-0.05, 0) is 26.0 Å². The van der Waals surface area contributed by atoms with Crippen LogP contribution < -0.4 is 4.74 Å². The Balaban J connectivity index is 1.84. The van der Waals surface area contributed by atoms with Crippen molar-refractivity contribution in [3.8, 4) is 5.75 Å². The largest absolute Gasteiger partial charge is 0.491 e. The standard InChI is InChI=1S/C14H20N2O4/c1-11(2)15-7-8-19-14(9-15)10-20-13-5-3-12(4-6-13)16(17)18/h3-6,11,14H,7-10H2,1-2H3/t14-/m0/s1. The molecule has 20 heavy (non-hydrogen) atoms. The first-order chi connectivity index (χ1) is 9.56. The van der Waals surface area contributed by atoms with Crippen molar-refractivity contribution in [3.05, 3.63) is 34.4 Å². The summed E-state index contributed by atoms with van der Waals surface area (Å²) in [5.41, 5.74) is 0.0669. The third-order valence-corrected chi connectivity index (χ3v) is 3.38. The summed E-state index contributed by atoms with van der Waals surface area (Å²) in [4.78, 5) is 12.5. The van der Waals surface area contributed by atoms with Crippen molar-refractivity contribution in [2.75, 3.05) is 26.3 Å². The fourth-order valence-corrected chi connectivity index (χ4v) is 2.17. The van der Waals surface area contributed by atoms with E-state index in [4.69, 9.17) is 9.47 Å². The van der Waals surface area contributed by atoms with Crippen LogP contribution in [0.3, 0.4) is 0 Å². The molecule has 6 nitrogen and oxygen atoms in total. The fraction of sp³-hybridized carbons (Fsp3) is 0.571. The van der Waals surface area contributed by atoms with Crippen LogP contribution in [0.4, 0.5) is 5.69 Å². The van der Waals surface area contributed by atoms with E-state index in [2.05, 4.69) is 18.7 Å². The lowest BCUT2D eigenvalue weighted by molar-refractivity contribution is -0.384. The van der Waals surface area contributed by atoms with Gasteiger partial charge in [0, 0.05) is 31.3 Å². The van der Waals surface area contributed by atoms with Crippen molar-refractivity contribution in [2.24, 2.45) is 0 Å². The predicted molar refractivity (Wildman–Crippen MR) is 75.0 cm³/mol. The van der Waals surface area contributed by atoms with Crippen LogP contribution in [0.1, 0.15) is 13.8 Å². The third-order valence-electron chi connectivity index (χ3n) is 3.38. The molecule has 2 rings (SSSR count). The normalized spacial score (nSPS) is 20.1. The summed E-state index contributed by atoms with van der Waals surface area (Å²) in [6.07, 6.45) is 0.0429. The number of rotatable bonds is 5. The van der Waals surface area contributed by atoms with Crippen LogP contribution in [0.25, 0.3) is 0 Å². The molecule has 1 atom stereocenters. The zero-order valence-corrected chi connectivity index (χ0v) is 11.8. The molecule has 1 saturated heterocycles. The van der Waals surface area contributed by atoms with Gasteiger partial charge in [-0.3, -0.25) is 15.0 Å². The molecule has 1 aromatic rings. The van der Waals surface area contributed by atoms with E-state index in [1.54, 1.807) is 12.1 Å². The number of nitro benzene ring substituents is 1. The van der Waals surface area contributed by atoms with Crippen LogP contribution in [0, 0.1) is 10.1 Å². The van der Waals surface area contributed by atoms with E-state index in [1.807, 2.05) is 0 Å².